The van der Waals surface area contributed by atoms with Crippen LogP contribution in [0.15, 0.2) is 73.1 Å². The van der Waals surface area contributed by atoms with Crippen molar-refractivity contribution in [1.82, 2.24) is 0 Å². The first-order chi connectivity index (χ1) is 20.1. The van der Waals surface area contributed by atoms with Crippen LogP contribution in [-0.4, -0.2) is 38.3 Å². The van der Waals surface area contributed by atoms with E-state index in [0.717, 1.165) is 0 Å². The molecule has 0 aliphatic heterocycles. The van der Waals surface area contributed by atoms with Gasteiger partial charge in [0.1, 0.15) is 16.1 Å². The van der Waals surface area contributed by atoms with Gasteiger partial charge >= 0.3 is 11.9 Å². The molecule has 220 valence electrons. The first kappa shape index (κ1) is 31.0. The number of thiophene rings is 1. The second-order valence-corrected chi connectivity index (χ2v) is 11.2. The summed E-state index contributed by atoms with van der Waals surface area (Å²) >= 11 is 14.0. The van der Waals surface area contributed by atoms with E-state index in [-0.39, 0.29) is 22.9 Å². The van der Waals surface area contributed by atoms with Crippen molar-refractivity contribution in [2.45, 2.75) is 25.0 Å². The van der Waals surface area contributed by atoms with Gasteiger partial charge in [-0.15, -0.1) is 11.3 Å². The number of aliphatic carboxylic acids is 1. The smallest absolute Gasteiger partial charge is 0.331 e. The van der Waals surface area contributed by atoms with Crippen LogP contribution in [0, 0.1) is 5.21 Å². The van der Waals surface area contributed by atoms with Gasteiger partial charge in [0.15, 0.2) is 29.9 Å². The third-order valence-corrected chi connectivity index (χ3v) is 8.38. The number of pyridine rings is 1. The summed E-state index contributed by atoms with van der Waals surface area (Å²) in [5.41, 5.74) is 1.68. The summed E-state index contributed by atoms with van der Waals surface area (Å²) in [5.74, 6) is -0.571. The van der Waals surface area contributed by atoms with Crippen molar-refractivity contribution < 1.29 is 33.6 Å². The molecule has 2 aromatic heterocycles. The van der Waals surface area contributed by atoms with Crippen LogP contribution in [0.1, 0.15) is 33.7 Å². The molecular weight excluding hydrogens is 603 g/mol. The van der Waals surface area contributed by atoms with Crippen molar-refractivity contribution in [2.75, 3.05) is 26.2 Å². The maximum Gasteiger partial charge on any atom is 0.331 e. The number of rotatable bonds is 12. The number of anilines is 1. The van der Waals surface area contributed by atoms with E-state index in [1.165, 1.54) is 38.0 Å². The average molecular weight is 632 g/mol. The Morgan fingerprint density at radius 3 is 2.26 bits per heavy atom. The van der Waals surface area contributed by atoms with E-state index in [4.69, 9.17) is 37.4 Å². The number of hydrogen-bond acceptors (Lipinski definition) is 8. The standard InChI is InChI=1S/C30H28Cl2N2O7S/c1-33(29(30(36)37)18-7-5-4-6-8-18)27-12-10-20(42-27)14-28(35)41-25(15-21-22(31)16-34(38)17-23(21)32)19-9-11-24(39-2)26(13-19)40-3/h4-13,16-17,25,29H,14-15H2,1-3H3,(H,36,37)/t25-,29?/m0/s1. The fraction of sp³-hybridized carbons (Fsp3) is 0.233. The van der Waals surface area contributed by atoms with Gasteiger partial charge < -0.3 is 29.4 Å². The van der Waals surface area contributed by atoms with Gasteiger partial charge in [0.2, 0.25) is 0 Å². The number of hydrogen-bond donors (Lipinski definition) is 1. The zero-order valence-corrected chi connectivity index (χ0v) is 25.3. The lowest BCUT2D eigenvalue weighted by Crippen LogP contribution is -2.30. The van der Waals surface area contributed by atoms with Gasteiger partial charge in [0, 0.05) is 23.9 Å². The molecule has 1 N–H and O–H groups in total. The number of likely N-dealkylation sites (N-methyl/N-ethyl adjacent to an activating group) is 1. The number of carbonyl (C=O) groups is 2. The van der Waals surface area contributed by atoms with Crippen LogP contribution >= 0.6 is 34.5 Å². The van der Waals surface area contributed by atoms with E-state index in [1.807, 2.05) is 6.07 Å². The van der Waals surface area contributed by atoms with E-state index in [0.29, 0.717) is 42.8 Å². The van der Waals surface area contributed by atoms with Crippen molar-refractivity contribution in [3.05, 3.63) is 110 Å². The Morgan fingerprint density at radius 2 is 1.64 bits per heavy atom. The molecule has 0 aliphatic rings. The van der Waals surface area contributed by atoms with E-state index in [9.17, 15) is 19.9 Å². The Hall–Kier alpha value is -3.99. The minimum atomic E-state index is -0.989. The van der Waals surface area contributed by atoms with Crippen molar-refractivity contribution in [3.8, 4) is 11.5 Å². The van der Waals surface area contributed by atoms with E-state index < -0.39 is 24.1 Å². The summed E-state index contributed by atoms with van der Waals surface area (Å²) in [4.78, 5) is 27.7. The molecule has 0 saturated heterocycles. The van der Waals surface area contributed by atoms with Crippen LogP contribution < -0.4 is 19.1 Å². The van der Waals surface area contributed by atoms with Gasteiger partial charge in [-0.05, 0) is 35.4 Å². The molecule has 0 spiro atoms. The highest BCUT2D eigenvalue weighted by atomic mass is 35.5. The number of halogens is 2. The molecule has 2 atom stereocenters. The monoisotopic (exact) mass is 630 g/mol. The molecule has 4 aromatic rings. The van der Waals surface area contributed by atoms with Gasteiger partial charge in [-0.1, -0.05) is 59.6 Å². The Bertz CT molecular complexity index is 1540. The molecule has 4 rings (SSSR count). The summed E-state index contributed by atoms with van der Waals surface area (Å²) in [5, 5.41) is 22.6. The summed E-state index contributed by atoms with van der Waals surface area (Å²) < 4.78 is 17.2. The van der Waals surface area contributed by atoms with Gasteiger partial charge in [0.25, 0.3) is 0 Å². The van der Waals surface area contributed by atoms with E-state index in [1.54, 1.807) is 66.5 Å². The number of carboxylic acid groups (broad SMARTS) is 1. The molecule has 0 saturated carbocycles. The SMILES string of the molecule is COc1ccc([C@H](Cc2c(Cl)c[n+]([O-])cc2Cl)OC(=O)Cc2ccc(N(C)C(C(=O)O)c3ccccc3)s2)cc1OC. The molecule has 9 nitrogen and oxygen atoms in total. The molecule has 0 aliphatic carbocycles. The Labute approximate surface area is 257 Å². The average Bonchev–Trinajstić information content (AvgIpc) is 3.42. The van der Waals surface area contributed by atoms with E-state index in [2.05, 4.69) is 0 Å². The van der Waals surface area contributed by atoms with Crippen LogP contribution in [0.5, 0.6) is 11.5 Å². The molecule has 1 unspecified atom stereocenters. The zero-order valence-electron chi connectivity index (χ0n) is 23.0. The molecule has 0 radical (unpaired) electrons. The lowest BCUT2D eigenvalue weighted by molar-refractivity contribution is -0.605. The highest BCUT2D eigenvalue weighted by molar-refractivity contribution is 7.16. The van der Waals surface area contributed by atoms with Crippen molar-refractivity contribution in [1.29, 1.82) is 0 Å². The first-order valence-corrected chi connectivity index (χ1v) is 14.3. The molecule has 12 heteroatoms. The quantitative estimate of drug-likeness (QED) is 0.115. The van der Waals surface area contributed by atoms with Gasteiger partial charge in [-0.25, -0.2) is 4.79 Å². The Kier molecular flexibility index (Phi) is 10.2. The normalized spacial score (nSPS) is 12.3. The fourth-order valence-corrected chi connectivity index (χ4v) is 6.06. The largest absolute Gasteiger partial charge is 0.619 e. The number of carboxylic acids is 1. The summed E-state index contributed by atoms with van der Waals surface area (Å²) in [6.07, 6.45) is 1.57. The lowest BCUT2D eigenvalue weighted by atomic mass is 10.0. The summed E-state index contributed by atoms with van der Waals surface area (Å²) in [6, 6.07) is 16.7. The van der Waals surface area contributed by atoms with Crippen LogP contribution in [0.3, 0.4) is 0 Å². The molecule has 0 bridgehead atoms. The van der Waals surface area contributed by atoms with Crippen LogP contribution in [-0.2, 0) is 27.2 Å². The number of carbonyl (C=O) groups excluding carboxylic acids is 1. The van der Waals surface area contributed by atoms with E-state index >= 15 is 0 Å². The minimum Gasteiger partial charge on any atom is -0.619 e. The van der Waals surface area contributed by atoms with Crippen molar-refractivity contribution in [3.63, 3.8) is 0 Å². The molecule has 0 amide bonds. The van der Waals surface area contributed by atoms with Gasteiger partial charge in [0.05, 0.1) is 25.6 Å². The number of aromatic nitrogens is 1. The fourth-order valence-electron chi connectivity index (χ4n) is 4.48. The predicted molar refractivity (Wildman–Crippen MR) is 161 cm³/mol. The lowest BCUT2D eigenvalue weighted by Gasteiger charge is -2.25. The number of esters is 1. The second kappa shape index (κ2) is 13.8. The minimum absolute atomic E-state index is 0.0534. The highest BCUT2D eigenvalue weighted by Crippen LogP contribution is 2.36. The molecule has 2 heterocycles. The number of nitrogens with zero attached hydrogens (tertiary/aromatic N) is 2. The van der Waals surface area contributed by atoms with Crippen LogP contribution in [0.4, 0.5) is 5.00 Å². The third-order valence-electron chi connectivity index (χ3n) is 6.55. The topological polar surface area (TPSA) is 112 Å². The third kappa shape index (κ3) is 7.25. The molecule has 0 fully saturated rings. The summed E-state index contributed by atoms with van der Waals surface area (Å²) in [6.45, 7) is 0. The highest BCUT2D eigenvalue weighted by Gasteiger charge is 2.27. The number of ether oxygens (including phenoxy) is 3. The van der Waals surface area contributed by atoms with Crippen molar-refractivity contribution in [2.24, 2.45) is 0 Å². The Balaban J connectivity index is 1.56. The molecule has 2 aromatic carbocycles. The summed E-state index contributed by atoms with van der Waals surface area (Å²) in [7, 11) is 4.71. The zero-order chi connectivity index (χ0) is 30.4. The van der Waals surface area contributed by atoms with Crippen LogP contribution in [0.2, 0.25) is 10.0 Å². The van der Waals surface area contributed by atoms with Crippen LogP contribution in [0.25, 0.3) is 0 Å². The second-order valence-electron chi connectivity index (χ2n) is 9.27. The number of benzene rings is 2. The van der Waals surface area contributed by atoms with Crippen molar-refractivity contribution >= 4 is 51.5 Å². The maximum atomic E-state index is 13.2. The molecular formula is C30H28Cl2N2O7S. The number of methoxy groups -OCH3 is 2. The van der Waals surface area contributed by atoms with Gasteiger partial charge in [-0.3, -0.25) is 4.79 Å². The predicted octanol–water partition coefficient (Wildman–Crippen LogP) is 6.04. The maximum absolute atomic E-state index is 13.2. The Morgan fingerprint density at radius 1 is 0.976 bits per heavy atom. The first-order valence-electron chi connectivity index (χ1n) is 12.7. The van der Waals surface area contributed by atoms with Gasteiger partial charge in [-0.2, -0.15) is 4.73 Å². The molecule has 42 heavy (non-hydrogen) atoms.